The number of fused-ring (bicyclic) bond motifs is 2. The lowest BCUT2D eigenvalue weighted by molar-refractivity contribution is 0.684. The largest absolute Gasteiger partial charge is 0.237 e. The molecule has 1 unspecified atom stereocenters. The van der Waals surface area contributed by atoms with Crippen molar-refractivity contribution in [3.05, 3.63) is 65.1 Å². The Bertz CT molecular complexity index is 1230. The Labute approximate surface area is 184 Å². The third kappa shape index (κ3) is 4.27. The van der Waals surface area contributed by atoms with E-state index in [-0.39, 0.29) is 11.8 Å². The van der Waals surface area contributed by atoms with Crippen molar-refractivity contribution in [2.24, 2.45) is 0 Å². The molecule has 1 atom stereocenters. The first kappa shape index (κ1) is 21.3. The summed E-state index contributed by atoms with van der Waals surface area (Å²) in [5.41, 5.74) is 5.00. The van der Waals surface area contributed by atoms with E-state index in [4.69, 9.17) is 24.9 Å². The normalized spacial score (nSPS) is 12.9. The molecule has 0 spiro atoms. The highest BCUT2D eigenvalue weighted by Crippen LogP contribution is 2.26. The molecular weight excluding hydrogens is 382 g/mol. The van der Waals surface area contributed by atoms with E-state index in [0.29, 0.717) is 5.92 Å². The third-order valence-corrected chi connectivity index (χ3v) is 5.72. The molecule has 160 valence electrons. The maximum Gasteiger partial charge on any atom is 0.163 e. The van der Waals surface area contributed by atoms with Crippen LogP contribution < -0.4 is 0 Å². The standard InChI is InChI=1S/C26H31N5/c1-7-21-19-10-8-9-11-22(19)29-25(28-21)17(6)14-18-12-13-20-23(15(2)3)30-24(16(4)5)31-26(20)27-18/h8-13,15-17H,7,14H2,1-6H3. The van der Waals surface area contributed by atoms with E-state index in [1.807, 2.05) is 12.1 Å². The predicted octanol–water partition coefficient (Wildman–Crippen LogP) is 6.12. The number of pyridine rings is 1. The van der Waals surface area contributed by atoms with Crippen molar-refractivity contribution in [3.63, 3.8) is 0 Å². The molecule has 0 radical (unpaired) electrons. The fourth-order valence-corrected chi connectivity index (χ4v) is 3.96. The monoisotopic (exact) mass is 413 g/mol. The maximum absolute atomic E-state index is 4.93. The number of benzene rings is 1. The Morgan fingerprint density at radius 2 is 1.48 bits per heavy atom. The van der Waals surface area contributed by atoms with Crippen LogP contribution in [0.2, 0.25) is 0 Å². The van der Waals surface area contributed by atoms with Crippen LogP contribution in [0.5, 0.6) is 0 Å². The van der Waals surface area contributed by atoms with E-state index in [2.05, 4.69) is 65.8 Å². The lowest BCUT2D eigenvalue weighted by atomic mass is 10.0. The van der Waals surface area contributed by atoms with Crippen molar-refractivity contribution in [1.82, 2.24) is 24.9 Å². The van der Waals surface area contributed by atoms with Gasteiger partial charge < -0.3 is 0 Å². The molecule has 0 fully saturated rings. The average Bonchev–Trinajstić information content (AvgIpc) is 2.77. The number of nitrogens with zero attached hydrogens (tertiary/aromatic N) is 5. The summed E-state index contributed by atoms with van der Waals surface area (Å²) in [6.07, 6.45) is 1.67. The minimum Gasteiger partial charge on any atom is -0.237 e. The molecule has 0 bridgehead atoms. The molecule has 3 heterocycles. The molecule has 1 aromatic carbocycles. The first-order chi connectivity index (χ1) is 14.9. The summed E-state index contributed by atoms with van der Waals surface area (Å²) in [4.78, 5) is 24.3. The lowest BCUT2D eigenvalue weighted by Crippen LogP contribution is -2.09. The number of rotatable bonds is 6. The molecule has 4 aromatic rings. The number of para-hydroxylation sites is 1. The van der Waals surface area contributed by atoms with Crippen molar-refractivity contribution >= 4 is 21.9 Å². The fourth-order valence-electron chi connectivity index (χ4n) is 3.96. The molecule has 0 saturated heterocycles. The van der Waals surface area contributed by atoms with Crippen molar-refractivity contribution in [3.8, 4) is 0 Å². The number of aromatic nitrogens is 5. The minimum absolute atomic E-state index is 0.163. The Morgan fingerprint density at radius 1 is 0.710 bits per heavy atom. The molecule has 0 aliphatic carbocycles. The number of hydrogen-bond acceptors (Lipinski definition) is 5. The zero-order valence-electron chi connectivity index (χ0n) is 19.3. The van der Waals surface area contributed by atoms with Crippen molar-refractivity contribution in [1.29, 1.82) is 0 Å². The number of aryl methyl sites for hydroxylation is 1. The van der Waals surface area contributed by atoms with Gasteiger partial charge in [-0.3, -0.25) is 0 Å². The molecule has 0 N–H and O–H groups in total. The highest BCUT2D eigenvalue weighted by Gasteiger charge is 2.17. The predicted molar refractivity (Wildman–Crippen MR) is 127 cm³/mol. The Balaban J connectivity index is 1.70. The molecular formula is C26H31N5. The summed E-state index contributed by atoms with van der Waals surface area (Å²) in [5.74, 6) is 2.50. The van der Waals surface area contributed by atoms with Crippen LogP contribution in [-0.4, -0.2) is 24.9 Å². The van der Waals surface area contributed by atoms with Crippen LogP contribution in [0.3, 0.4) is 0 Å². The van der Waals surface area contributed by atoms with E-state index in [1.165, 1.54) is 0 Å². The fraction of sp³-hybridized carbons (Fsp3) is 0.423. The molecule has 0 saturated carbocycles. The molecule has 0 aliphatic rings. The zero-order chi connectivity index (χ0) is 22.1. The van der Waals surface area contributed by atoms with Gasteiger partial charge in [0.25, 0.3) is 0 Å². The van der Waals surface area contributed by atoms with Crippen LogP contribution in [0.1, 0.15) is 88.0 Å². The van der Waals surface area contributed by atoms with Gasteiger partial charge in [-0.15, -0.1) is 0 Å². The van der Waals surface area contributed by atoms with E-state index in [9.17, 15) is 0 Å². The topological polar surface area (TPSA) is 64.5 Å². The van der Waals surface area contributed by atoms with Crippen LogP contribution in [0.4, 0.5) is 0 Å². The molecule has 4 rings (SSSR count). The Hall–Kier alpha value is -2.95. The molecule has 5 heteroatoms. The van der Waals surface area contributed by atoms with Crippen LogP contribution in [0.25, 0.3) is 21.9 Å². The second-order valence-electron chi connectivity index (χ2n) is 8.95. The number of hydrogen-bond donors (Lipinski definition) is 0. The van der Waals surface area contributed by atoms with Gasteiger partial charge >= 0.3 is 0 Å². The van der Waals surface area contributed by atoms with Crippen LogP contribution in [-0.2, 0) is 12.8 Å². The summed E-state index contributed by atoms with van der Waals surface area (Å²) in [7, 11) is 0. The Kier molecular flexibility index (Phi) is 5.94. The molecule has 5 nitrogen and oxygen atoms in total. The molecule has 3 aromatic heterocycles. The Morgan fingerprint density at radius 3 is 2.19 bits per heavy atom. The van der Waals surface area contributed by atoms with E-state index in [0.717, 1.165) is 63.5 Å². The highest BCUT2D eigenvalue weighted by atomic mass is 15.0. The minimum atomic E-state index is 0.163. The summed E-state index contributed by atoms with van der Waals surface area (Å²) < 4.78 is 0. The zero-order valence-corrected chi connectivity index (χ0v) is 19.3. The molecule has 0 amide bonds. The van der Waals surface area contributed by atoms with Gasteiger partial charge in [0.1, 0.15) is 11.6 Å². The molecule has 0 aliphatic heterocycles. The summed E-state index contributed by atoms with van der Waals surface area (Å²) in [6, 6.07) is 12.5. The second kappa shape index (κ2) is 8.66. The van der Waals surface area contributed by atoms with Crippen LogP contribution in [0.15, 0.2) is 36.4 Å². The van der Waals surface area contributed by atoms with Gasteiger partial charge in [0.15, 0.2) is 5.65 Å². The van der Waals surface area contributed by atoms with Gasteiger partial charge in [0, 0.05) is 28.3 Å². The van der Waals surface area contributed by atoms with Crippen molar-refractivity contribution < 1.29 is 0 Å². The smallest absolute Gasteiger partial charge is 0.163 e. The van der Waals surface area contributed by atoms with Crippen molar-refractivity contribution in [2.75, 3.05) is 0 Å². The van der Waals surface area contributed by atoms with Gasteiger partial charge in [-0.25, -0.2) is 24.9 Å². The van der Waals surface area contributed by atoms with Crippen LogP contribution >= 0.6 is 0 Å². The van der Waals surface area contributed by atoms with E-state index >= 15 is 0 Å². The van der Waals surface area contributed by atoms with Gasteiger partial charge in [-0.05, 0) is 37.0 Å². The highest BCUT2D eigenvalue weighted by molar-refractivity contribution is 5.81. The summed E-state index contributed by atoms with van der Waals surface area (Å²) in [5, 5.41) is 2.19. The summed E-state index contributed by atoms with van der Waals surface area (Å²) >= 11 is 0. The van der Waals surface area contributed by atoms with Gasteiger partial charge in [-0.1, -0.05) is 59.7 Å². The SMILES string of the molecule is CCc1nc(C(C)Cc2ccc3c(C(C)C)nc(C(C)C)nc3n2)nc2ccccc12. The quantitative estimate of drug-likeness (QED) is 0.381. The van der Waals surface area contributed by atoms with E-state index in [1.54, 1.807) is 0 Å². The maximum atomic E-state index is 4.93. The van der Waals surface area contributed by atoms with Gasteiger partial charge in [0.05, 0.1) is 16.9 Å². The second-order valence-corrected chi connectivity index (χ2v) is 8.95. The molecule has 31 heavy (non-hydrogen) atoms. The van der Waals surface area contributed by atoms with Crippen molar-refractivity contribution in [2.45, 2.75) is 72.1 Å². The first-order valence-electron chi connectivity index (χ1n) is 11.3. The average molecular weight is 414 g/mol. The van der Waals surface area contributed by atoms with Crippen LogP contribution in [0, 0.1) is 0 Å². The third-order valence-electron chi connectivity index (χ3n) is 5.72. The first-order valence-corrected chi connectivity index (χ1v) is 11.3. The van der Waals surface area contributed by atoms with Gasteiger partial charge in [0.2, 0.25) is 0 Å². The van der Waals surface area contributed by atoms with E-state index < -0.39 is 0 Å². The lowest BCUT2D eigenvalue weighted by Gasteiger charge is -2.15. The van der Waals surface area contributed by atoms with Gasteiger partial charge in [-0.2, -0.15) is 0 Å². The summed E-state index contributed by atoms with van der Waals surface area (Å²) in [6.45, 7) is 12.9.